The SMILES string of the molecule is CCN(C(=O)c1cc(S)cs1)C1CC1. The molecule has 1 aromatic rings. The molecule has 0 bridgehead atoms. The van der Waals surface area contributed by atoms with Crippen LogP contribution < -0.4 is 0 Å². The summed E-state index contributed by atoms with van der Waals surface area (Å²) in [7, 11) is 0. The second-order valence-corrected chi connectivity index (χ2v) is 4.92. The number of hydrogen-bond donors (Lipinski definition) is 1. The van der Waals surface area contributed by atoms with Crippen molar-refractivity contribution in [1.82, 2.24) is 4.90 Å². The molecule has 1 fully saturated rings. The fourth-order valence-corrected chi connectivity index (χ4v) is 2.64. The van der Waals surface area contributed by atoms with Crippen molar-refractivity contribution in [2.45, 2.75) is 30.7 Å². The molecule has 1 saturated carbocycles. The average Bonchev–Trinajstić information content (AvgIpc) is 2.90. The summed E-state index contributed by atoms with van der Waals surface area (Å²) in [5.74, 6) is 0.167. The predicted molar refractivity (Wildman–Crippen MR) is 61.3 cm³/mol. The van der Waals surface area contributed by atoms with E-state index >= 15 is 0 Å². The molecule has 0 N–H and O–H groups in total. The molecule has 0 atom stereocenters. The van der Waals surface area contributed by atoms with E-state index in [1.54, 1.807) is 0 Å². The highest BCUT2D eigenvalue weighted by Gasteiger charge is 2.32. The maximum atomic E-state index is 12.0. The first-order valence-corrected chi connectivity index (χ1v) is 6.13. The minimum atomic E-state index is 0.167. The van der Waals surface area contributed by atoms with Gasteiger partial charge in [0.25, 0.3) is 5.91 Å². The molecule has 2 nitrogen and oxygen atoms in total. The Labute approximate surface area is 93.3 Å². The van der Waals surface area contributed by atoms with E-state index in [0.29, 0.717) is 6.04 Å². The van der Waals surface area contributed by atoms with Crippen LogP contribution >= 0.6 is 24.0 Å². The van der Waals surface area contributed by atoms with Crippen molar-refractivity contribution in [3.8, 4) is 0 Å². The average molecular weight is 227 g/mol. The van der Waals surface area contributed by atoms with E-state index in [4.69, 9.17) is 0 Å². The van der Waals surface area contributed by atoms with Gasteiger partial charge in [0.2, 0.25) is 0 Å². The van der Waals surface area contributed by atoms with Crippen LogP contribution in [-0.2, 0) is 0 Å². The first-order chi connectivity index (χ1) is 6.72. The van der Waals surface area contributed by atoms with Gasteiger partial charge in [0.05, 0.1) is 4.88 Å². The Hall–Kier alpha value is -0.480. The summed E-state index contributed by atoms with van der Waals surface area (Å²) in [4.78, 5) is 15.6. The molecule has 0 spiro atoms. The van der Waals surface area contributed by atoms with Gasteiger partial charge in [-0.15, -0.1) is 24.0 Å². The first kappa shape index (κ1) is 10.1. The van der Waals surface area contributed by atoms with Crippen molar-refractivity contribution >= 4 is 29.9 Å². The van der Waals surface area contributed by atoms with E-state index in [-0.39, 0.29) is 5.91 Å². The molecule has 0 radical (unpaired) electrons. The van der Waals surface area contributed by atoms with Gasteiger partial charge in [0.1, 0.15) is 0 Å². The number of amides is 1. The molecule has 0 unspecified atom stereocenters. The van der Waals surface area contributed by atoms with Crippen LogP contribution in [0.3, 0.4) is 0 Å². The van der Waals surface area contributed by atoms with Gasteiger partial charge in [0, 0.05) is 22.9 Å². The van der Waals surface area contributed by atoms with Crippen molar-refractivity contribution < 1.29 is 4.79 Å². The minimum Gasteiger partial charge on any atom is -0.335 e. The Morgan fingerprint density at radius 1 is 1.71 bits per heavy atom. The lowest BCUT2D eigenvalue weighted by atomic mass is 10.3. The second-order valence-electron chi connectivity index (χ2n) is 3.49. The molecule has 0 aliphatic heterocycles. The number of carbonyl (C=O) groups is 1. The molecule has 1 heterocycles. The monoisotopic (exact) mass is 227 g/mol. The van der Waals surface area contributed by atoms with Crippen LogP contribution in [0.15, 0.2) is 16.3 Å². The lowest BCUT2D eigenvalue weighted by Crippen LogP contribution is -2.32. The van der Waals surface area contributed by atoms with Gasteiger partial charge in [-0.3, -0.25) is 4.79 Å². The van der Waals surface area contributed by atoms with E-state index in [1.165, 1.54) is 24.2 Å². The second kappa shape index (κ2) is 3.95. The van der Waals surface area contributed by atoms with Crippen molar-refractivity contribution in [1.29, 1.82) is 0 Å². The van der Waals surface area contributed by atoms with Gasteiger partial charge in [-0.1, -0.05) is 0 Å². The lowest BCUT2D eigenvalue weighted by molar-refractivity contribution is 0.0757. The Morgan fingerprint density at radius 2 is 2.43 bits per heavy atom. The van der Waals surface area contributed by atoms with E-state index in [0.717, 1.165) is 16.3 Å². The van der Waals surface area contributed by atoms with E-state index in [9.17, 15) is 4.79 Å². The highest BCUT2D eigenvalue weighted by atomic mass is 32.1. The molecule has 4 heteroatoms. The quantitative estimate of drug-likeness (QED) is 0.787. The van der Waals surface area contributed by atoms with Crippen molar-refractivity contribution in [2.24, 2.45) is 0 Å². The van der Waals surface area contributed by atoms with Crippen molar-refractivity contribution in [3.05, 3.63) is 16.3 Å². The zero-order chi connectivity index (χ0) is 10.1. The highest BCUT2D eigenvalue weighted by molar-refractivity contribution is 7.80. The smallest absolute Gasteiger partial charge is 0.264 e. The Bertz CT molecular complexity index is 344. The Balaban J connectivity index is 2.13. The Morgan fingerprint density at radius 3 is 2.86 bits per heavy atom. The van der Waals surface area contributed by atoms with Gasteiger partial charge in [-0.25, -0.2) is 0 Å². The Kier molecular flexibility index (Phi) is 2.83. The molecular formula is C10H13NOS2. The molecule has 1 aromatic heterocycles. The summed E-state index contributed by atoms with van der Waals surface area (Å²) in [5.41, 5.74) is 0. The summed E-state index contributed by atoms with van der Waals surface area (Å²) in [6.45, 7) is 2.84. The third kappa shape index (κ3) is 1.96. The van der Waals surface area contributed by atoms with Gasteiger partial charge in [-0.2, -0.15) is 0 Å². The summed E-state index contributed by atoms with van der Waals surface area (Å²) in [6.07, 6.45) is 2.33. The molecule has 2 rings (SSSR count). The normalized spacial score (nSPS) is 15.6. The van der Waals surface area contributed by atoms with Gasteiger partial charge in [-0.05, 0) is 25.8 Å². The molecule has 1 aliphatic rings. The van der Waals surface area contributed by atoms with Crippen molar-refractivity contribution in [3.63, 3.8) is 0 Å². The maximum absolute atomic E-state index is 12.0. The maximum Gasteiger partial charge on any atom is 0.264 e. The minimum absolute atomic E-state index is 0.167. The largest absolute Gasteiger partial charge is 0.335 e. The fourth-order valence-electron chi connectivity index (χ4n) is 1.53. The van der Waals surface area contributed by atoms with Crippen LogP contribution in [0, 0.1) is 0 Å². The number of nitrogens with zero attached hydrogens (tertiary/aromatic N) is 1. The highest BCUT2D eigenvalue weighted by Crippen LogP contribution is 2.29. The lowest BCUT2D eigenvalue weighted by Gasteiger charge is -2.19. The number of carbonyl (C=O) groups excluding carboxylic acids is 1. The topological polar surface area (TPSA) is 20.3 Å². The molecule has 1 amide bonds. The number of rotatable bonds is 3. The molecule has 0 aromatic carbocycles. The van der Waals surface area contributed by atoms with Gasteiger partial charge >= 0.3 is 0 Å². The third-order valence-electron chi connectivity index (χ3n) is 2.39. The standard InChI is InChI=1S/C10H13NOS2/c1-2-11(7-3-4-7)10(12)9-5-8(13)6-14-9/h5-7,13H,2-4H2,1H3. The van der Waals surface area contributed by atoms with E-state index in [2.05, 4.69) is 12.6 Å². The van der Waals surface area contributed by atoms with Crippen LogP contribution in [0.4, 0.5) is 0 Å². The van der Waals surface area contributed by atoms with Crippen LogP contribution in [0.25, 0.3) is 0 Å². The molecule has 76 valence electrons. The zero-order valence-corrected chi connectivity index (χ0v) is 9.78. The molecule has 14 heavy (non-hydrogen) atoms. The van der Waals surface area contributed by atoms with Crippen LogP contribution in [0.1, 0.15) is 29.4 Å². The van der Waals surface area contributed by atoms with Crippen LogP contribution in [-0.4, -0.2) is 23.4 Å². The van der Waals surface area contributed by atoms with Gasteiger partial charge < -0.3 is 4.90 Å². The molecule has 1 aliphatic carbocycles. The van der Waals surface area contributed by atoms with Gasteiger partial charge in [0.15, 0.2) is 0 Å². The van der Waals surface area contributed by atoms with Crippen LogP contribution in [0.2, 0.25) is 0 Å². The number of hydrogen-bond acceptors (Lipinski definition) is 3. The first-order valence-electron chi connectivity index (χ1n) is 4.81. The summed E-state index contributed by atoms with van der Waals surface area (Å²) >= 11 is 5.68. The number of thiophene rings is 1. The zero-order valence-electron chi connectivity index (χ0n) is 8.06. The predicted octanol–water partition coefficient (Wildman–Crippen LogP) is 2.66. The summed E-state index contributed by atoms with van der Waals surface area (Å²) in [6, 6.07) is 2.35. The van der Waals surface area contributed by atoms with Crippen molar-refractivity contribution in [2.75, 3.05) is 6.54 Å². The summed E-state index contributed by atoms with van der Waals surface area (Å²) in [5, 5.41) is 1.90. The third-order valence-corrected chi connectivity index (χ3v) is 3.74. The molecule has 0 saturated heterocycles. The summed E-state index contributed by atoms with van der Waals surface area (Å²) < 4.78 is 0. The van der Waals surface area contributed by atoms with E-state index < -0.39 is 0 Å². The number of thiol groups is 1. The van der Waals surface area contributed by atoms with E-state index in [1.807, 2.05) is 23.3 Å². The molecular weight excluding hydrogens is 214 g/mol. The van der Waals surface area contributed by atoms with Crippen LogP contribution in [0.5, 0.6) is 0 Å². The fraction of sp³-hybridized carbons (Fsp3) is 0.500.